The number of benzene rings is 2. The third kappa shape index (κ3) is 3.22. The summed E-state index contributed by atoms with van der Waals surface area (Å²) in [4.78, 5) is 7.84. The Hall–Kier alpha value is -1.94. The Morgan fingerprint density at radius 1 is 1.00 bits per heavy atom. The molecule has 0 aliphatic carbocycles. The third-order valence-electron chi connectivity index (χ3n) is 3.44. The highest BCUT2D eigenvalue weighted by atomic mass is 31.2. The van der Waals surface area contributed by atoms with E-state index in [1.807, 2.05) is 36.4 Å². The molecule has 0 radical (unpaired) electrons. The number of rotatable bonds is 6. The molecule has 1 aromatic heterocycles. The average molecular weight is 330 g/mol. The Kier molecular flexibility index (Phi) is 4.62. The second-order valence-corrected chi connectivity index (χ2v) is 7.01. The minimum atomic E-state index is -3.24. The number of fused-ring (bicyclic) bond motifs is 1. The molecule has 0 aliphatic heterocycles. The maximum Gasteiger partial charge on any atom is 0.361 e. The lowest BCUT2D eigenvalue weighted by molar-refractivity contribution is 0.230. The smallest absolute Gasteiger partial charge is 0.338 e. The van der Waals surface area contributed by atoms with Crippen LogP contribution in [0.4, 0.5) is 0 Å². The van der Waals surface area contributed by atoms with Crippen LogP contribution in [0.5, 0.6) is 0 Å². The molecule has 3 rings (SSSR count). The molecule has 6 heteroatoms. The predicted molar refractivity (Wildman–Crippen MR) is 92.0 cm³/mol. The van der Waals surface area contributed by atoms with Crippen LogP contribution < -0.4 is 5.30 Å². The Balaban J connectivity index is 1.93. The van der Waals surface area contributed by atoms with Crippen molar-refractivity contribution in [2.75, 3.05) is 13.2 Å². The summed E-state index contributed by atoms with van der Waals surface area (Å²) in [6.07, 6.45) is 0. The van der Waals surface area contributed by atoms with Gasteiger partial charge in [-0.2, -0.15) is 0 Å². The van der Waals surface area contributed by atoms with Gasteiger partial charge in [-0.3, -0.25) is 4.57 Å². The third-order valence-corrected chi connectivity index (χ3v) is 5.57. The number of nitrogens with one attached hydrogen (secondary N) is 1. The zero-order valence-electron chi connectivity index (χ0n) is 13.2. The maximum absolute atomic E-state index is 12.7. The molecule has 0 atom stereocenters. The van der Waals surface area contributed by atoms with Gasteiger partial charge in [0.15, 0.2) is 0 Å². The summed E-state index contributed by atoms with van der Waals surface area (Å²) >= 11 is 0. The van der Waals surface area contributed by atoms with Crippen molar-refractivity contribution < 1.29 is 13.6 Å². The molecule has 0 saturated carbocycles. The fraction of sp³-hybridized carbons (Fsp3) is 0.235. The van der Waals surface area contributed by atoms with Gasteiger partial charge in [0.2, 0.25) is 0 Å². The Labute approximate surface area is 135 Å². The zero-order valence-corrected chi connectivity index (χ0v) is 14.0. The Bertz CT molecular complexity index is 799. The first-order valence-corrected chi connectivity index (χ1v) is 9.15. The predicted octanol–water partition coefficient (Wildman–Crippen LogP) is 4.12. The van der Waals surface area contributed by atoms with Crippen molar-refractivity contribution in [2.45, 2.75) is 13.8 Å². The summed E-state index contributed by atoms with van der Waals surface area (Å²) in [6.45, 7) is 4.27. The van der Waals surface area contributed by atoms with E-state index in [0.717, 1.165) is 22.4 Å². The second-order valence-electron chi connectivity index (χ2n) is 4.98. The Morgan fingerprint density at radius 2 is 1.65 bits per heavy atom. The van der Waals surface area contributed by atoms with Crippen LogP contribution in [-0.2, 0) is 13.6 Å². The van der Waals surface area contributed by atoms with Gasteiger partial charge in [-0.15, -0.1) is 0 Å². The number of hydrogen-bond acceptors (Lipinski definition) is 4. The molecule has 1 N–H and O–H groups in total. The van der Waals surface area contributed by atoms with Crippen molar-refractivity contribution >= 4 is 23.9 Å². The molecule has 23 heavy (non-hydrogen) atoms. The van der Waals surface area contributed by atoms with Crippen molar-refractivity contribution in [3.8, 4) is 11.4 Å². The summed E-state index contributed by atoms with van der Waals surface area (Å²) in [6, 6.07) is 15.2. The van der Waals surface area contributed by atoms with Crippen molar-refractivity contribution in [1.29, 1.82) is 0 Å². The minimum Gasteiger partial charge on any atom is -0.338 e. The van der Waals surface area contributed by atoms with Crippen molar-refractivity contribution in [2.24, 2.45) is 0 Å². The van der Waals surface area contributed by atoms with Crippen LogP contribution in [-0.4, -0.2) is 23.2 Å². The number of H-pyrrole nitrogens is 1. The van der Waals surface area contributed by atoms with E-state index in [1.54, 1.807) is 26.0 Å². The molecule has 120 valence electrons. The largest absolute Gasteiger partial charge is 0.361 e. The van der Waals surface area contributed by atoms with Gasteiger partial charge in [0.05, 0.1) is 29.6 Å². The molecule has 0 unspecified atom stereocenters. The first-order valence-electron chi connectivity index (χ1n) is 7.61. The molecule has 1 heterocycles. The lowest BCUT2D eigenvalue weighted by Gasteiger charge is -2.17. The summed E-state index contributed by atoms with van der Waals surface area (Å²) in [5.41, 5.74) is 2.83. The maximum atomic E-state index is 12.7. The van der Waals surface area contributed by atoms with Crippen molar-refractivity contribution in [3.63, 3.8) is 0 Å². The first-order chi connectivity index (χ1) is 11.2. The van der Waals surface area contributed by atoms with Gasteiger partial charge in [-0.25, -0.2) is 4.98 Å². The highest BCUT2D eigenvalue weighted by Crippen LogP contribution is 2.46. The monoisotopic (exact) mass is 330 g/mol. The SMILES string of the molecule is CCOP(=O)(OCC)c1ccc(-c2nc3ccccc3[nH]2)cc1. The normalized spacial score (nSPS) is 11.9. The van der Waals surface area contributed by atoms with E-state index >= 15 is 0 Å². The molecule has 0 aliphatic rings. The summed E-state index contributed by atoms with van der Waals surface area (Å²) in [7, 11) is -3.24. The van der Waals surface area contributed by atoms with Crippen LogP contribution >= 0.6 is 7.60 Å². The zero-order chi connectivity index (χ0) is 16.3. The van der Waals surface area contributed by atoms with E-state index in [4.69, 9.17) is 9.05 Å². The van der Waals surface area contributed by atoms with Gasteiger partial charge in [0.1, 0.15) is 5.82 Å². The van der Waals surface area contributed by atoms with E-state index < -0.39 is 7.60 Å². The van der Waals surface area contributed by atoms with E-state index in [-0.39, 0.29) is 0 Å². The second kappa shape index (κ2) is 6.67. The fourth-order valence-electron chi connectivity index (χ4n) is 2.42. The number of aromatic amines is 1. The van der Waals surface area contributed by atoms with Gasteiger partial charge in [-0.05, 0) is 38.1 Å². The molecule has 0 fully saturated rings. The minimum absolute atomic E-state index is 0.336. The van der Waals surface area contributed by atoms with E-state index in [0.29, 0.717) is 18.5 Å². The van der Waals surface area contributed by atoms with Gasteiger partial charge in [0.25, 0.3) is 0 Å². The van der Waals surface area contributed by atoms with Crippen molar-refractivity contribution in [1.82, 2.24) is 9.97 Å². The van der Waals surface area contributed by atoms with Gasteiger partial charge < -0.3 is 14.0 Å². The molecule has 0 spiro atoms. The fourth-order valence-corrected chi connectivity index (χ4v) is 3.98. The lowest BCUT2D eigenvalue weighted by atomic mass is 10.2. The number of nitrogens with zero attached hydrogens (tertiary/aromatic N) is 1. The van der Waals surface area contributed by atoms with Crippen LogP contribution in [0.15, 0.2) is 48.5 Å². The molecule has 0 amide bonds. The molecule has 0 saturated heterocycles. The van der Waals surface area contributed by atoms with E-state index in [1.165, 1.54) is 0 Å². The van der Waals surface area contributed by atoms with E-state index in [9.17, 15) is 4.57 Å². The van der Waals surface area contributed by atoms with Crippen LogP contribution in [0.25, 0.3) is 22.4 Å². The number of imidazole rings is 1. The highest BCUT2D eigenvalue weighted by molar-refractivity contribution is 7.62. The topological polar surface area (TPSA) is 64.2 Å². The molecule has 3 aromatic rings. The number of para-hydroxylation sites is 2. The molecule has 5 nitrogen and oxygen atoms in total. The first kappa shape index (κ1) is 15.9. The van der Waals surface area contributed by atoms with Crippen LogP contribution in [0.1, 0.15) is 13.8 Å². The van der Waals surface area contributed by atoms with E-state index in [2.05, 4.69) is 9.97 Å². The summed E-state index contributed by atoms with van der Waals surface area (Å²) in [5.74, 6) is 0.778. The molecule has 2 aromatic carbocycles. The lowest BCUT2D eigenvalue weighted by Crippen LogP contribution is -2.10. The van der Waals surface area contributed by atoms with Crippen molar-refractivity contribution in [3.05, 3.63) is 48.5 Å². The van der Waals surface area contributed by atoms with Crippen LogP contribution in [0.3, 0.4) is 0 Å². The number of hydrogen-bond donors (Lipinski definition) is 1. The molecular weight excluding hydrogens is 311 g/mol. The number of aromatic nitrogens is 2. The highest BCUT2D eigenvalue weighted by Gasteiger charge is 2.26. The van der Waals surface area contributed by atoms with Crippen LogP contribution in [0, 0.1) is 0 Å². The summed E-state index contributed by atoms with van der Waals surface area (Å²) in [5, 5.41) is 0.557. The van der Waals surface area contributed by atoms with Crippen LogP contribution in [0.2, 0.25) is 0 Å². The standard InChI is InChI=1S/C17H19N2O3P/c1-3-21-23(20,22-4-2)14-11-9-13(10-12-14)17-18-15-7-5-6-8-16(15)19-17/h5-12H,3-4H2,1-2H3,(H,18,19). The summed E-state index contributed by atoms with van der Waals surface area (Å²) < 4.78 is 23.5. The molecular formula is C17H19N2O3P. The van der Waals surface area contributed by atoms with Gasteiger partial charge in [-0.1, -0.05) is 24.3 Å². The average Bonchev–Trinajstić information content (AvgIpc) is 2.99. The van der Waals surface area contributed by atoms with Gasteiger partial charge in [0, 0.05) is 5.56 Å². The molecule has 0 bridgehead atoms. The van der Waals surface area contributed by atoms with Gasteiger partial charge >= 0.3 is 7.60 Å². The Morgan fingerprint density at radius 3 is 2.26 bits per heavy atom. The quantitative estimate of drug-likeness (QED) is 0.691.